The van der Waals surface area contributed by atoms with E-state index >= 15 is 0 Å². The molecule has 0 aromatic carbocycles. The van der Waals surface area contributed by atoms with E-state index < -0.39 is 0 Å². The topological polar surface area (TPSA) is 50.7 Å². The molecule has 17 heavy (non-hydrogen) atoms. The number of nitrogens with zero attached hydrogens (tertiary/aromatic N) is 3. The normalized spacial score (nSPS) is 10.4. The number of rotatable bonds is 6. The molecule has 0 saturated heterocycles. The van der Waals surface area contributed by atoms with Gasteiger partial charge in [-0.15, -0.1) is 11.3 Å². The summed E-state index contributed by atoms with van der Waals surface area (Å²) in [5.74, 6) is 0.903. The number of nitrogens with one attached hydrogen (secondary N) is 1. The molecule has 0 aliphatic heterocycles. The van der Waals surface area contributed by atoms with Gasteiger partial charge < -0.3 is 5.32 Å². The molecule has 0 bridgehead atoms. The second-order valence-electron chi connectivity index (χ2n) is 3.75. The van der Waals surface area contributed by atoms with Crippen molar-refractivity contribution in [1.82, 2.24) is 15.0 Å². The Kier molecular flexibility index (Phi) is 4.44. The maximum absolute atomic E-state index is 4.24. The zero-order valence-electron chi connectivity index (χ0n) is 9.89. The number of hydrogen-bond donors (Lipinski definition) is 1. The summed E-state index contributed by atoms with van der Waals surface area (Å²) in [6.45, 7) is 3.01. The smallest absolute Gasteiger partial charge is 0.129 e. The molecule has 0 atom stereocenters. The largest absolute Gasteiger partial charge is 0.370 e. The molecule has 2 rings (SSSR count). The summed E-state index contributed by atoms with van der Waals surface area (Å²) in [7, 11) is 0. The third-order valence-electron chi connectivity index (χ3n) is 2.36. The van der Waals surface area contributed by atoms with Gasteiger partial charge in [-0.1, -0.05) is 13.3 Å². The van der Waals surface area contributed by atoms with Crippen LogP contribution in [0.2, 0.25) is 0 Å². The molecule has 5 heteroatoms. The SMILES string of the molecule is CCCc1cc(NCCc2nccs2)ncn1. The first-order chi connectivity index (χ1) is 8.38. The van der Waals surface area contributed by atoms with E-state index in [2.05, 4.69) is 27.2 Å². The van der Waals surface area contributed by atoms with Crippen LogP contribution in [0.5, 0.6) is 0 Å². The van der Waals surface area contributed by atoms with Crippen LogP contribution in [0.15, 0.2) is 24.0 Å². The lowest BCUT2D eigenvalue weighted by Crippen LogP contribution is -2.07. The number of hydrogen-bond acceptors (Lipinski definition) is 5. The highest BCUT2D eigenvalue weighted by Crippen LogP contribution is 2.08. The zero-order valence-corrected chi connectivity index (χ0v) is 10.7. The third-order valence-corrected chi connectivity index (χ3v) is 3.20. The molecule has 0 fully saturated rings. The minimum atomic E-state index is 0.857. The van der Waals surface area contributed by atoms with Crippen LogP contribution in [0.4, 0.5) is 5.82 Å². The van der Waals surface area contributed by atoms with Gasteiger partial charge in [-0.3, -0.25) is 0 Å². The Morgan fingerprint density at radius 2 is 2.18 bits per heavy atom. The van der Waals surface area contributed by atoms with Gasteiger partial charge in [0.05, 0.1) is 5.01 Å². The molecule has 0 radical (unpaired) electrons. The number of aromatic nitrogens is 3. The fraction of sp³-hybridized carbons (Fsp3) is 0.417. The van der Waals surface area contributed by atoms with E-state index in [1.54, 1.807) is 17.7 Å². The fourth-order valence-corrected chi connectivity index (χ4v) is 2.18. The maximum atomic E-state index is 4.24. The van der Waals surface area contributed by atoms with Crippen LogP contribution < -0.4 is 5.32 Å². The molecule has 0 amide bonds. The first-order valence-electron chi connectivity index (χ1n) is 5.81. The van der Waals surface area contributed by atoms with Crippen LogP contribution in [0.25, 0.3) is 0 Å². The predicted molar refractivity (Wildman–Crippen MR) is 70.3 cm³/mol. The quantitative estimate of drug-likeness (QED) is 0.853. The second-order valence-corrected chi connectivity index (χ2v) is 4.73. The van der Waals surface area contributed by atoms with E-state index in [0.717, 1.165) is 42.3 Å². The summed E-state index contributed by atoms with van der Waals surface area (Å²) in [4.78, 5) is 12.7. The van der Waals surface area contributed by atoms with Gasteiger partial charge in [0.15, 0.2) is 0 Å². The van der Waals surface area contributed by atoms with E-state index in [0.29, 0.717) is 0 Å². The Balaban J connectivity index is 1.84. The molecule has 2 aromatic rings. The van der Waals surface area contributed by atoms with Gasteiger partial charge in [0.2, 0.25) is 0 Å². The van der Waals surface area contributed by atoms with Crippen molar-refractivity contribution >= 4 is 17.2 Å². The summed E-state index contributed by atoms with van der Waals surface area (Å²) in [5.41, 5.74) is 1.10. The van der Waals surface area contributed by atoms with Crippen molar-refractivity contribution in [2.75, 3.05) is 11.9 Å². The van der Waals surface area contributed by atoms with Gasteiger partial charge in [0.1, 0.15) is 12.1 Å². The van der Waals surface area contributed by atoms with Crippen molar-refractivity contribution in [1.29, 1.82) is 0 Å². The summed E-state index contributed by atoms with van der Waals surface area (Å²) < 4.78 is 0. The highest BCUT2D eigenvalue weighted by atomic mass is 32.1. The standard InChI is InChI=1S/C12H16N4S/c1-2-3-10-8-11(16-9-15-10)13-5-4-12-14-6-7-17-12/h6-9H,2-5H2,1H3,(H,13,15,16). The van der Waals surface area contributed by atoms with Crippen LogP contribution in [-0.4, -0.2) is 21.5 Å². The third kappa shape index (κ3) is 3.78. The predicted octanol–water partition coefficient (Wildman–Crippen LogP) is 2.54. The van der Waals surface area contributed by atoms with Crippen molar-refractivity contribution in [2.45, 2.75) is 26.2 Å². The minimum absolute atomic E-state index is 0.857. The molecular weight excluding hydrogens is 232 g/mol. The number of thiazole rings is 1. The maximum Gasteiger partial charge on any atom is 0.129 e. The highest BCUT2D eigenvalue weighted by Gasteiger charge is 1.99. The lowest BCUT2D eigenvalue weighted by atomic mass is 10.2. The number of aryl methyl sites for hydroxylation is 1. The van der Waals surface area contributed by atoms with Crippen LogP contribution in [0, 0.1) is 0 Å². The Bertz CT molecular complexity index is 442. The summed E-state index contributed by atoms with van der Waals surface area (Å²) in [6.07, 6.45) is 6.50. The molecule has 4 nitrogen and oxygen atoms in total. The average Bonchev–Trinajstić information content (AvgIpc) is 2.83. The Morgan fingerprint density at radius 1 is 1.24 bits per heavy atom. The summed E-state index contributed by atoms with van der Waals surface area (Å²) >= 11 is 1.69. The van der Waals surface area contributed by atoms with E-state index in [1.807, 2.05) is 17.6 Å². The molecule has 0 saturated carbocycles. The molecule has 2 aromatic heterocycles. The van der Waals surface area contributed by atoms with Gasteiger partial charge in [-0.05, 0) is 6.42 Å². The van der Waals surface area contributed by atoms with Crippen LogP contribution in [0.3, 0.4) is 0 Å². The Labute approximate surface area is 105 Å². The lowest BCUT2D eigenvalue weighted by molar-refractivity contribution is 0.870. The fourth-order valence-electron chi connectivity index (χ4n) is 1.56. The van der Waals surface area contributed by atoms with E-state index in [4.69, 9.17) is 0 Å². The molecule has 0 aliphatic rings. The first kappa shape index (κ1) is 12.0. The van der Waals surface area contributed by atoms with Crippen molar-refractivity contribution in [2.24, 2.45) is 0 Å². The molecule has 0 aliphatic carbocycles. The van der Waals surface area contributed by atoms with Crippen molar-refractivity contribution in [3.8, 4) is 0 Å². The highest BCUT2D eigenvalue weighted by molar-refractivity contribution is 7.09. The van der Waals surface area contributed by atoms with Crippen LogP contribution >= 0.6 is 11.3 Å². The Hall–Kier alpha value is -1.49. The zero-order chi connectivity index (χ0) is 11.9. The Morgan fingerprint density at radius 3 is 2.94 bits per heavy atom. The number of anilines is 1. The monoisotopic (exact) mass is 248 g/mol. The lowest BCUT2D eigenvalue weighted by Gasteiger charge is -2.05. The molecule has 1 N–H and O–H groups in total. The minimum Gasteiger partial charge on any atom is -0.370 e. The van der Waals surface area contributed by atoms with E-state index in [9.17, 15) is 0 Å². The van der Waals surface area contributed by atoms with Crippen molar-refractivity contribution < 1.29 is 0 Å². The molecule has 0 unspecified atom stereocenters. The van der Waals surface area contributed by atoms with Gasteiger partial charge in [0.25, 0.3) is 0 Å². The van der Waals surface area contributed by atoms with Gasteiger partial charge in [-0.25, -0.2) is 15.0 Å². The van der Waals surface area contributed by atoms with Crippen LogP contribution in [-0.2, 0) is 12.8 Å². The molecule has 2 heterocycles. The summed E-state index contributed by atoms with van der Waals surface area (Å²) in [6, 6.07) is 2.02. The van der Waals surface area contributed by atoms with Crippen LogP contribution in [0.1, 0.15) is 24.0 Å². The van der Waals surface area contributed by atoms with Gasteiger partial charge in [0, 0.05) is 36.3 Å². The van der Waals surface area contributed by atoms with E-state index in [-0.39, 0.29) is 0 Å². The summed E-state index contributed by atoms with van der Waals surface area (Å²) in [5, 5.41) is 6.45. The van der Waals surface area contributed by atoms with Gasteiger partial charge >= 0.3 is 0 Å². The molecular formula is C12H16N4S. The molecule has 0 spiro atoms. The van der Waals surface area contributed by atoms with Crippen molar-refractivity contribution in [3.63, 3.8) is 0 Å². The first-order valence-corrected chi connectivity index (χ1v) is 6.69. The average molecular weight is 248 g/mol. The van der Waals surface area contributed by atoms with Crippen molar-refractivity contribution in [3.05, 3.63) is 34.7 Å². The molecule has 90 valence electrons. The van der Waals surface area contributed by atoms with Gasteiger partial charge in [-0.2, -0.15) is 0 Å². The van der Waals surface area contributed by atoms with E-state index in [1.165, 1.54) is 0 Å². The second kappa shape index (κ2) is 6.30.